The number of carbonyl (C=O) groups is 2. The van der Waals surface area contributed by atoms with Gasteiger partial charge in [0, 0.05) is 6.61 Å². The first-order chi connectivity index (χ1) is 9.16. The Morgan fingerprint density at radius 1 is 1.37 bits per heavy atom. The highest BCUT2D eigenvalue weighted by molar-refractivity contribution is 5.75. The maximum Gasteiger partial charge on any atom is 0.407 e. The molecule has 0 aliphatic carbocycles. The standard InChI is InChI=1S/C13H15NO5/c15-12(16)11-10(6-7-18-11)14-13(17)19-8-9-4-2-1-3-5-9/h1-5,10-11H,6-8H2,(H,14,17)(H,15,16)/t10-,11+/m0/s1. The topological polar surface area (TPSA) is 84.9 Å². The molecule has 1 aliphatic rings. The highest BCUT2D eigenvalue weighted by Gasteiger charge is 2.35. The molecule has 0 bridgehead atoms. The number of carbonyl (C=O) groups excluding carboxylic acids is 1. The summed E-state index contributed by atoms with van der Waals surface area (Å²) in [6, 6.07) is 8.71. The largest absolute Gasteiger partial charge is 0.479 e. The van der Waals surface area contributed by atoms with E-state index in [1.807, 2.05) is 30.3 Å². The van der Waals surface area contributed by atoms with E-state index in [0.29, 0.717) is 13.0 Å². The lowest BCUT2D eigenvalue weighted by atomic mass is 10.1. The third-order valence-electron chi connectivity index (χ3n) is 2.85. The first-order valence-electron chi connectivity index (χ1n) is 5.98. The molecule has 1 saturated heterocycles. The number of aliphatic carboxylic acids is 1. The fourth-order valence-electron chi connectivity index (χ4n) is 1.90. The van der Waals surface area contributed by atoms with E-state index in [4.69, 9.17) is 14.6 Å². The van der Waals surface area contributed by atoms with Crippen molar-refractivity contribution in [3.8, 4) is 0 Å². The monoisotopic (exact) mass is 265 g/mol. The smallest absolute Gasteiger partial charge is 0.407 e. The molecule has 1 amide bonds. The molecule has 0 spiro atoms. The number of hydrogen-bond donors (Lipinski definition) is 2. The molecular formula is C13H15NO5. The molecule has 19 heavy (non-hydrogen) atoms. The number of alkyl carbamates (subject to hydrolysis) is 1. The normalized spacial score (nSPS) is 21.9. The summed E-state index contributed by atoms with van der Waals surface area (Å²) in [5, 5.41) is 11.4. The Kier molecular flexibility index (Phi) is 4.35. The van der Waals surface area contributed by atoms with Gasteiger partial charge in [-0.15, -0.1) is 0 Å². The minimum atomic E-state index is -1.08. The summed E-state index contributed by atoms with van der Waals surface area (Å²) in [5.41, 5.74) is 0.870. The van der Waals surface area contributed by atoms with Crippen molar-refractivity contribution in [2.45, 2.75) is 25.2 Å². The summed E-state index contributed by atoms with van der Waals surface area (Å²) in [5.74, 6) is -1.08. The Morgan fingerprint density at radius 3 is 2.79 bits per heavy atom. The summed E-state index contributed by atoms with van der Waals surface area (Å²) >= 11 is 0. The van der Waals surface area contributed by atoms with Crippen LogP contribution in [0.4, 0.5) is 4.79 Å². The summed E-state index contributed by atoms with van der Waals surface area (Å²) in [7, 11) is 0. The lowest BCUT2D eigenvalue weighted by molar-refractivity contribution is -0.148. The van der Waals surface area contributed by atoms with Gasteiger partial charge in [-0.3, -0.25) is 0 Å². The van der Waals surface area contributed by atoms with Crippen molar-refractivity contribution in [3.05, 3.63) is 35.9 Å². The van der Waals surface area contributed by atoms with Crippen LogP contribution in [0.5, 0.6) is 0 Å². The van der Waals surface area contributed by atoms with Crippen molar-refractivity contribution in [1.29, 1.82) is 0 Å². The van der Waals surface area contributed by atoms with E-state index < -0.39 is 24.2 Å². The van der Waals surface area contributed by atoms with Crippen molar-refractivity contribution in [2.75, 3.05) is 6.61 Å². The van der Waals surface area contributed by atoms with Gasteiger partial charge >= 0.3 is 12.1 Å². The van der Waals surface area contributed by atoms with Crippen LogP contribution in [0, 0.1) is 0 Å². The van der Waals surface area contributed by atoms with Crippen molar-refractivity contribution in [1.82, 2.24) is 5.32 Å². The fourth-order valence-corrected chi connectivity index (χ4v) is 1.90. The van der Waals surface area contributed by atoms with Gasteiger partial charge in [-0.1, -0.05) is 30.3 Å². The van der Waals surface area contributed by atoms with Gasteiger partial charge in [0.15, 0.2) is 6.10 Å². The number of rotatable bonds is 4. The number of carboxylic acid groups (broad SMARTS) is 1. The van der Waals surface area contributed by atoms with Crippen molar-refractivity contribution >= 4 is 12.1 Å². The fraction of sp³-hybridized carbons (Fsp3) is 0.385. The predicted octanol–water partition coefficient (Wildman–Crippen LogP) is 1.15. The molecule has 6 nitrogen and oxygen atoms in total. The van der Waals surface area contributed by atoms with E-state index in [2.05, 4.69) is 5.32 Å². The van der Waals surface area contributed by atoms with Crippen molar-refractivity contribution in [2.24, 2.45) is 0 Å². The van der Waals surface area contributed by atoms with E-state index in [-0.39, 0.29) is 6.61 Å². The molecule has 2 N–H and O–H groups in total. The number of nitrogens with one attached hydrogen (secondary N) is 1. The summed E-state index contributed by atoms with van der Waals surface area (Å²) in [6.07, 6.45) is -1.16. The number of amides is 1. The van der Waals surface area contributed by atoms with Gasteiger partial charge in [0.1, 0.15) is 6.61 Å². The molecule has 0 aromatic heterocycles. The SMILES string of the molecule is O=C(N[C@H]1CCO[C@H]1C(=O)O)OCc1ccccc1. The molecular weight excluding hydrogens is 250 g/mol. The number of benzene rings is 1. The molecule has 0 unspecified atom stereocenters. The van der Waals surface area contributed by atoms with Crippen molar-refractivity contribution in [3.63, 3.8) is 0 Å². The van der Waals surface area contributed by atoms with Crippen LogP contribution in [0.1, 0.15) is 12.0 Å². The maximum atomic E-state index is 11.6. The molecule has 1 fully saturated rings. The molecule has 0 saturated carbocycles. The van der Waals surface area contributed by atoms with Crippen LogP contribution in [-0.4, -0.2) is 35.9 Å². The third kappa shape index (κ3) is 3.69. The van der Waals surface area contributed by atoms with Crippen LogP contribution in [0.3, 0.4) is 0 Å². The Labute approximate surface area is 110 Å². The minimum absolute atomic E-state index is 0.151. The Hall–Kier alpha value is -2.08. The van der Waals surface area contributed by atoms with E-state index in [9.17, 15) is 9.59 Å². The maximum absolute atomic E-state index is 11.6. The molecule has 0 radical (unpaired) electrons. The van der Waals surface area contributed by atoms with E-state index in [1.165, 1.54) is 0 Å². The van der Waals surface area contributed by atoms with Crippen LogP contribution in [-0.2, 0) is 20.9 Å². The van der Waals surface area contributed by atoms with Gasteiger partial charge in [-0.25, -0.2) is 9.59 Å². The third-order valence-corrected chi connectivity index (χ3v) is 2.85. The average molecular weight is 265 g/mol. The first-order valence-corrected chi connectivity index (χ1v) is 5.98. The van der Waals surface area contributed by atoms with Crippen LogP contribution in [0.25, 0.3) is 0 Å². The van der Waals surface area contributed by atoms with Crippen molar-refractivity contribution < 1.29 is 24.2 Å². The summed E-state index contributed by atoms with van der Waals surface area (Å²) in [4.78, 5) is 22.4. The lowest BCUT2D eigenvalue weighted by Crippen LogP contribution is -2.44. The Bertz CT molecular complexity index is 448. The quantitative estimate of drug-likeness (QED) is 0.853. The molecule has 2 atom stereocenters. The zero-order chi connectivity index (χ0) is 13.7. The van der Waals surface area contributed by atoms with Crippen LogP contribution >= 0.6 is 0 Å². The number of hydrogen-bond acceptors (Lipinski definition) is 4. The highest BCUT2D eigenvalue weighted by Crippen LogP contribution is 2.14. The Balaban J connectivity index is 1.80. The van der Waals surface area contributed by atoms with Gasteiger partial charge in [0.25, 0.3) is 0 Å². The second-order valence-electron chi connectivity index (χ2n) is 4.23. The van der Waals surface area contributed by atoms with E-state index >= 15 is 0 Å². The lowest BCUT2D eigenvalue weighted by Gasteiger charge is -2.16. The molecule has 1 aromatic rings. The first kappa shape index (κ1) is 13.4. The van der Waals surface area contributed by atoms with Crippen LogP contribution < -0.4 is 5.32 Å². The predicted molar refractivity (Wildman–Crippen MR) is 65.5 cm³/mol. The summed E-state index contributed by atoms with van der Waals surface area (Å²) < 4.78 is 10.0. The Morgan fingerprint density at radius 2 is 2.11 bits per heavy atom. The van der Waals surface area contributed by atoms with Gasteiger partial charge in [-0.05, 0) is 12.0 Å². The second-order valence-corrected chi connectivity index (χ2v) is 4.23. The molecule has 6 heteroatoms. The molecule has 102 valence electrons. The highest BCUT2D eigenvalue weighted by atomic mass is 16.6. The van der Waals surface area contributed by atoms with Gasteiger partial charge < -0.3 is 19.9 Å². The van der Waals surface area contributed by atoms with E-state index in [1.54, 1.807) is 0 Å². The number of carboxylic acids is 1. The van der Waals surface area contributed by atoms with Gasteiger partial charge in [0.05, 0.1) is 6.04 Å². The minimum Gasteiger partial charge on any atom is -0.479 e. The van der Waals surface area contributed by atoms with Gasteiger partial charge in [-0.2, -0.15) is 0 Å². The zero-order valence-electron chi connectivity index (χ0n) is 10.2. The molecule has 1 aliphatic heterocycles. The van der Waals surface area contributed by atoms with E-state index in [0.717, 1.165) is 5.56 Å². The van der Waals surface area contributed by atoms with Gasteiger partial charge in [0.2, 0.25) is 0 Å². The van der Waals surface area contributed by atoms with Crippen LogP contribution in [0.2, 0.25) is 0 Å². The molecule has 2 rings (SSSR count). The van der Waals surface area contributed by atoms with Crippen LogP contribution in [0.15, 0.2) is 30.3 Å². The molecule has 1 heterocycles. The second kappa shape index (κ2) is 6.19. The molecule has 1 aromatic carbocycles. The summed E-state index contributed by atoms with van der Waals surface area (Å²) in [6.45, 7) is 0.471. The zero-order valence-corrected chi connectivity index (χ0v) is 10.2. The average Bonchev–Trinajstić information content (AvgIpc) is 2.86. The number of ether oxygens (including phenoxy) is 2.